The standard InChI is InChI=1S/C19H18ClN3O2S/c20-15-6-4-13(5-7-15)18(25)21-19(26)22-9-12-8-14(11-22)16-2-1-3-17(24)23(16)10-12/h1-7,12,14H,8-11H2,(H,21,25,26)/t12-,14-/m1/s1. The molecule has 1 amide bonds. The molecular formula is C19H18ClN3O2S. The van der Waals surface area contributed by atoms with E-state index in [0.29, 0.717) is 34.7 Å². The summed E-state index contributed by atoms with van der Waals surface area (Å²) < 4.78 is 1.88. The van der Waals surface area contributed by atoms with Gasteiger partial charge >= 0.3 is 0 Å². The summed E-state index contributed by atoms with van der Waals surface area (Å²) in [5.74, 6) is 0.368. The van der Waals surface area contributed by atoms with Crippen LogP contribution in [0.5, 0.6) is 0 Å². The van der Waals surface area contributed by atoms with E-state index in [4.69, 9.17) is 23.8 Å². The summed E-state index contributed by atoms with van der Waals surface area (Å²) in [6, 6.07) is 12.1. The summed E-state index contributed by atoms with van der Waals surface area (Å²) in [5, 5.41) is 3.84. The van der Waals surface area contributed by atoms with Gasteiger partial charge in [-0.1, -0.05) is 17.7 Å². The van der Waals surface area contributed by atoms with E-state index >= 15 is 0 Å². The maximum Gasteiger partial charge on any atom is 0.257 e. The van der Waals surface area contributed by atoms with E-state index in [1.54, 1.807) is 30.3 Å². The molecular weight excluding hydrogens is 370 g/mol. The van der Waals surface area contributed by atoms with Gasteiger partial charge in [-0.25, -0.2) is 0 Å². The van der Waals surface area contributed by atoms with Crippen molar-refractivity contribution in [1.29, 1.82) is 0 Å². The molecule has 1 aromatic carbocycles. The van der Waals surface area contributed by atoms with Gasteiger partial charge in [0.05, 0.1) is 0 Å². The average Bonchev–Trinajstić information content (AvgIpc) is 2.63. The maximum atomic E-state index is 12.4. The van der Waals surface area contributed by atoms with Crippen molar-refractivity contribution < 1.29 is 4.79 Å². The van der Waals surface area contributed by atoms with Crippen molar-refractivity contribution in [2.75, 3.05) is 13.1 Å². The average molecular weight is 388 g/mol. The van der Waals surface area contributed by atoms with E-state index in [9.17, 15) is 9.59 Å². The van der Waals surface area contributed by atoms with Gasteiger partial charge in [-0.3, -0.25) is 14.9 Å². The Labute approximate surface area is 161 Å². The summed E-state index contributed by atoms with van der Waals surface area (Å²) in [4.78, 5) is 26.5. The fourth-order valence-electron chi connectivity index (χ4n) is 3.91. The number of rotatable bonds is 1. The molecule has 134 valence electrons. The lowest BCUT2D eigenvalue weighted by Crippen LogP contribution is -2.52. The zero-order chi connectivity index (χ0) is 18.3. The summed E-state index contributed by atoms with van der Waals surface area (Å²) in [7, 11) is 0. The van der Waals surface area contributed by atoms with E-state index < -0.39 is 0 Å². The van der Waals surface area contributed by atoms with E-state index in [1.165, 1.54) is 0 Å². The highest BCUT2D eigenvalue weighted by Crippen LogP contribution is 2.34. The molecule has 2 aliphatic rings. The molecule has 1 N–H and O–H groups in total. The number of thiocarbonyl (C=S) groups is 1. The van der Waals surface area contributed by atoms with Gasteiger partial charge in [0.15, 0.2) is 5.11 Å². The number of carbonyl (C=O) groups is 1. The molecule has 26 heavy (non-hydrogen) atoms. The second-order valence-corrected chi connectivity index (χ2v) is 7.69. The van der Waals surface area contributed by atoms with Gasteiger partial charge in [-0.2, -0.15) is 0 Å². The van der Waals surface area contributed by atoms with Gasteiger partial charge in [-0.05, 0) is 54.9 Å². The zero-order valence-electron chi connectivity index (χ0n) is 14.0. The third-order valence-electron chi connectivity index (χ3n) is 5.09. The van der Waals surface area contributed by atoms with Crippen LogP contribution < -0.4 is 10.9 Å². The number of carbonyl (C=O) groups excluding carboxylic acids is 1. The van der Waals surface area contributed by atoms with Gasteiger partial charge < -0.3 is 9.47 Å². The van der Waals surface area contributed by atoms with Crippen molar-refractivity contribution in [3.63, 3.8) is 0 Å². The first-order valence-corrected chi connectivity index (χ1v) is 9.35. The third-order valence-corrected chi connectivity index (χ3v) is 5.71. The lowest BCUT2D eigenvalue weighted by atomic mass is 9.83. The van der Waals surface area contributed by atoms with Crippen molar-refractivity contribution in [2.45, 2.75) is 18.9 Å². The van der Waals surface area contributed by atoms with Crippen LogP contribution in [0.15, 0.2) is 47.3 Å². The van der Waals surface area contributed by atoms with Crippen molar-refractivity contribution in [1.82, 2.24) is 14.8 Å². The molecule has 2 aromatic rings. The van der Waals surface area contributed by atoms with Gasteiger partial charge in [0.25, 0.3) is 11.5 Å². The predicted octanol–water partition coefficient (Wildman–Crippen LogP) is 2.64. The van der Waals surface area contributed by atoms with Gasteiger partial charge in [0.1, 0.15) is 0 Å². The number of hydrogen-bond acceptors (Lipinski definition) is 3. The monoisotopic (exact) mass is 387 g/mol. The van der Waals surface area contributed by atoms with Gasteiger partial charge in [-0.15, -0.1) is 0 Å². The Morgan fingerprint density at radius 1 is 1.12 bits per heavy atom. The zero-order valence-corrected chi connectivity index (χ0v) is 15.6. The van der Waals surface area contributed by atoms with Crippen LogP contribution in [-0.4, -0.2) is 33.6 Å². The SMILES string of the molecule is O=C(NC(=S)N1C[C@H]2C[C@H](C1)c1cccc(=O)n1C2)c1ccc(Cl)cc1. The number of nitrogens with zero attached hydrogens (tertiary/aromatic N) is 2. The Balaban J connectivity index is 1.48. The van der Waals surface area contributed by atoms with Crippen LogP contribution in [0.4, 0.5) is 0 Å². The first-order valence-electron chi connectivity index (χ1n) is 8.57. The maximum absolute atomic E-state index is 12.4. The normalized spacial score (nSPS) is 21.0. The summed E-state index contributed by atoms with van der Waals surface area (Å²) in [6.07, 6.45) is 1.05. The van der Waals surface area contributed by atoms with Crippen molar-refractivity contribution in [3.8, 4) is 0 Å². The van der Waals surface area contributed by atoms with E-state index in [0.717, 1.165) is 18.7 Å². The molecule has 4 rings (SSSR count). The van der Waals surface area contributed by atoms with Crippen LogP contribution in [0.1, 0.15) is 28.4 Å². The molecule has 5 nitrogen and oxygen atoms in total. The number of likely N-dealkylation sites (tertiary alicyclic amines) is 1. The number of amides is 1. The predicted molar refractivity (Wildman–Crippen MR) is 105 cm³/mol. The largest absolute Gasteiger partial charge is 0.348 e. The van der Waals surface area contributed by atoms with Gasteiger partial charge in [0, 0.05) is 47.9 Å². The lowest BCUT2D eigenvalue weighted by Gasteiger charge is -2.43. The molecule has 2 atom stereocenters. The van der Waals surface area contributed by atoms with Crippen LogP contribution in [0, 0.1) is 5.92 Å². The minimum absolute atomic E-state index is 0.0595. The van der Waals surface area contributed by atoms with Crippen molar-refractivity contribution in [3.05, 3.63) is 69.1 Å². The molecule has 1 aromatic heterocycles. The summed E-state index contributed by atoms with van der Waals surface area (Å²) in [6.45, 7) is 2.16. The van der Waals surface area contributed by atoms with Gasteiger partial charge in [0.2, 0.25) is 0 Å². The minimum atomic E-state index is -0.237. The Kier molecular flexibility index (Phi) is 4.54. The number of halogens is 1. The Hall–Kier alpha value is -2.18. The number of hydrogen-bond donors (Lipinski definition) is 1. The molecule has 3 heterocycles. The highest BCUT2D eigenvalue weighted by atomic mass is 35.5. The number of aromatic nitrogens is 1. The second kappa shape index (κ2) is 6.85. The number of piperidine rings is 1. The molecule has 0 aliphatic carbocycles. The molecule has 2 bridgehead atoms. The molecule has 1 fully saturated rings. The molecule has 0 saturated carbocycles. The third kappa shape index (κ3) is 3.27. The highest BCUT2D eigenvalue weighted by molar-refractivity contribution is 7.80. The minimum Gasteiger partial charge on any atom is -0.348 e. The van der Waals surface area contributed by atoms with Crippen molar-refractivity contribution >= 4 is 34.8 Å². The smallest absolute Gasteiger partial charge is 0.257 e. The van der Waals surface area contributed by atoms with Crippen molar-refractivity contribution in [2.24, 2.45) is 5.92 Å². The number of fused-ring (bicyclic) bond motifs is 4. The van der Waals surface area contributed by atoms with E-state index in [-0.39, 0.29) is 17.4 Å². The Morgan fingerprint density at radius 2 is 1.88 bits per heavy atom. The molecule has 2 aliphatic heterocycles. The van der Waals surface area contributed by atoms with Crippen LogP contribution >= 0.6 is 23.8 Å². The van der Waals surface area contributed by atoms with E-state index in [2.05, 4.69) is 5.32 Å². The first-order chi connectivity index (χ1) is 12.5. The van der Waals surface area contributed by atoms with Crippen LogP contribution in [-0.2, 0) is 6.54 Å². The Bertz CT molecular complexity index is 925. The Morgan fingerprint density at radius 3 is 2.65 bits per heavy atom. The topological polar surface area (TPSA) is 54.3 Å². The fraction of sp³-hybridized carbons (Fsp3) is 0.316. The summed E-state index contributed by atoms with van der Waals surface area (Å²) in [5.41, 5.74) is 1.64. The molecule has 0 unspecified atom stereocenters. The fourth-order valence-corrected chi connectivity index (χ4v) is 4.28. The number of benzene rings is 1. The lowest BCUT2D eigenvalue weighted by molar-refractivity contribution is 0.0968. The summed E-state index contributed by atoms with van der Waals surface area (Å²) >= 11 is 11.3. The molecule has 7 heteroatoms. The highest BCUT2D eigenvalue weighted by Gasteiger charge is 2.35. The molecule has 0 radical (unpaired) electrons. The van der Waals surface area contributed by atoms with Crippen LogP contribution in [0.2, 0.25) is 5.02 Å². The van der Waals surface area contributed by atoms with E-state index in [1.807, 2.05) is 21.6 Å². The van der Waals surface area contributed by atoms with Crippen LogP contribution in [0.25, 0.3) is 0 Å². The molecule has 1 saturated heterocycles. The molecule has 0 spiro atoms. The first kappa shape index (κ1) is 17.2. The van der Waals surface area contributed by atoms with Crippen LogP contribution in [0.3, 0.4) is 0 Å². The quantitative estimate of drug-likeness (QED) is 0.764. The second-order valence-electron chi connectivity index (χ2n) is 6.87. The number of nitrogens with one attached hydrogen (secondary N) is 1. The number of pyridine rings is 1.